The van der Waals surface area contributed by atoms with Gasteiger partial charge in [0.2, 0.25) is 6.23 Å². The molecule has 4 atom stereocenters. The van der Waals surface area contributed by atoms with Crippen LogP contribution in [-0.2, 0) is 19.1 Å². The first kappa shape index (κ1) is 21.4. The lowest BCUT2D eigenvalue weighted by molar-refractivity contribution is -0.285. The SMILES string of the molecule is CN1O[C@H]2N(C(=O)O)[C@H](C(=O)O)C[C@@]2(OC(=O)OC(C)(C)C)C2=CCC=C(Cl)C21. The summed E-state index contributed by atoms with van der Waals surface area (Å²) in [4.78, 5) is 42.7. The van der Waals surface area contributed by atoms with Gasteiger partial charge in [0.15, 0.2) is 5.60 Å². The molecule has 2 N–H and O–H groups in total. The molecular weight excluding hydrogens is 408 g/mol. The van der Waals surface area contributed by atoms with Crippen molar-refractivity contribution in [2.45, 2.75) is 63.1 Å². The highest BCUT2D eigenvalue weighted by Crippen LogP contribution is 2.51. The molecule has 0 saturated carbocycles. The molecule has 0 aromatic heterocycles. The second-order valence-corrected chi connectivity index (χ2v) is 8.53. The van der Waals surface area contributed by atoms with Crippen molar-refractivity contribution in [2.75, 3.05) is 7.05 Å². The summed E-state index contributed by atoms with van der Waals surface area (Å²) in [5.41, 5.74) is -2.11. The number of carbonyl (C=O) groups is 3. The van der Waals surface area contributed by atoms with Crippen LogP contribution in [0.4, 0.5) is 9.59 Å². The predicted molar refractivity (Wildman–Crippen MR) is 99.0 cm³/mol. The Bertz CT molecular complexity index is 804. The number of rotatable bonds is 2. The van der Waals surface area contributed by atoms with E-state index in [0.717, 1.165) is 0 Å². The highest BCUT2D eigenvalue weighted by molar-refractivity contribution is 6.30. The summed E-state index contributed by atoms with van der Waals surface area (Å²) < 4.78 is 10.9. The number of halogens is 1. The Hall–Kier alpha value is -2.30. The Labute approximate surface area is 172 Å². The van der Waals surface area contributed by atoms with Gasteiger partial charge in [-0.25, -0.2) is 14.4 Å². The number of carboxylic acid groups (broad SMARTS) is 2. The summed E-state index contributed by atoms with van der Waals surface area (Å²) >= 11 is 6.36. The fourth-order valence-corrected chi connectivity index (χ4v) is 4.29. The molecule has 0 bridgehead atoms. The summed E-state index contributed by atoms with van der Waals surface area (Å²) in [6.45, 7) is 4.94. The van der Waals surface area contributed by atoms with Crippen molar-refractivity contribution in [3.05, 3.63) is 22.8 Å². The van der Waals surface area contributed by atoms with Crippen LogP contribution in [0.3, 0.4) is 0 Å². The molecule has 3 aliphatic rings. The minimum atomic E-state index is -1.70. The molecule has 2 fully saturated rings. The van der Waals surface area contributed by atoms with Crippen molar-refractivity contribution < 1.29 is 38.9 Å². The van der Waals surface area contributed by atoms with Crippen LogP contribution in [0, 0.1) is 0 Å². The third kappa shape index (κ3) is 3.67. The van der Waals surface area contributed by atoms with Crippen LogP contribution in [0.5, 0.6) is 0 Å². The second kappa shape index (κ2) is 7.19. The zero-order chi connectivity index (χ0) is 21.7. The van der Waals surface area contributed by atoms with Crippen molar-refractivity contribution in [2.24, 2.45) is 0 Å². The molecule has 0 radical (unpaired) electrons. The number of allylic oxidation sites excluding steroid dienone is 2. The van der Waals surface area contributed by atoms with Crippen LogP contribution in [-0.4, -0.2) is 75.0 Å². The van der Waals surface area contributed by atoms with E-state index in [1.165, 1.54) is 5.06 Å². The summed E-state index contributed by atoms with van der Waals surface area (Å²) in [6, 6.07) is -2.13. The number of likely N-dealkylation sites (N-methyl/N-ethyl adjacent to an activating group) is 1. The highest BCUT2D eigenvalue weighted by Gasteiger charge is 2.67. The molecule has 11 heteroatoms. The molecule has 0 aromatic carbocycles. The Balaban J connectivity index is 2.11. The van der Waals surface area contributed by atoms with Gasteiger partial charge in [-0.2, -0.15) is 5.06 Å². The van der Waals surface area contributed by atoms with Gasteiger partial charge in [-0.1, -0.05) is 23.8 Å². The van der Waals surface area contributed by atoms with E-state index in [2.05, 4.69) is 0 Å². The maximum Gasteiger partial charge on any atom is 0.509 e. The highest BCUT2D eigenvalue weighted by atomic mass is 35.5. The number of hydroxylamine groups is 2. The second-order valence-electron chi connectivity index (χ2n) is 8.09. The zero-order valence-electron chi connectivity index (χ0n) is 16.4. The molecule has 0 aromatic rings. The number of aliphatic carboxylic acids is 1. The van der Waals surface area contributed by atoms with Gasteiger partial charge in [-0.05, 0) is 32.8 Å². The molecule has 2 saturated heterocycles. The third-order valence-electron chi connectivity index (χ3n) is 4.97. The zero-order valence-corrected chi connectivity index (χ0v) is 17.2. The Morgan fingerprint density at radius 1 is 1.28 bits per heavy atom. The lowest BCUT2D eigenvalue weighted by atomic mass is 9.80. The van der Waals surface area contributed by atoms with Crippen molar-refractivity contribution in [3.8, 4) is 0 Å². The van der Waals surface area contributed by atoms with Crippen LogP contribution in [0.25, 0.3) is 0 Å². The molecule has 0 spiro atoms. The summed E-state index contributed by atoms with van der Waals surface area (Å²) in [5, 5.41) is 21.0. The minimum Gasteiger partial charge on any atom is -0.480 e. The van der Waals surface area contributed by atoms with E-state index < -0.39 is 47.7 Å². The Morgan fingerprint density at radius 2 is 1.93 bits per heavy atom. The monoisotopic (exact) mass is 430 g/mol. The van der Waals surface area contributed by atoms with Crippen molar-refractivity contribution >= 4 is 29.8 Å². The normalized spacial score (nSPS) is 31.9. The number of carboxylic acids is 1. The van der Waals surface area contributed by atoms with Gasteiger partial charge in [0, 0.05) is 18.5 Å². The average molecular weight is 431 g/mol. The van der Waals surface area contributed by atoms with E-state index in [1.54, 1.807) is 40.0 Å². The first-order valence-corrected chi connectivity index (χ1v) is 9.37. The van der Waals surface area contributed by atoms with Crippen molar-refractivity contribution in [1.29, 1.82) is 0 Å². The fourth-order valence-electron chi connectivity index (χ4n) is 3.94. The topological polar surface area (TPSA) is 126 Å². The Morgan fingerprint density at radius 3 is 2.48 bits per heavy atom. The van der Waals surface area contributed by atoms with Gasteiger partial charge in [0.1, 0.15) is 11.6 Å². The van der Waals surface area contributed by atoms with E-state index >= 15 is 0 Å². The van der Waals surface area contributed by atoms with Gasteiger partial charge in [0.25, 0.3) is 0 Å². The van der Waals surface area contributed by atoms with E-state index in [4.69, 9.17) is 25.9 Å². The number of fused-ring (bicyclic) bond motifs is 3. The number of ether oxygens (including phenoxy) is 2. The molecule has 2 aliphatic heterocycles. The van der Waals surface area contributed by atoms with Crippen molar-refractivity contribution in [1.82, 2.24) is 9.96 Å². The van der Waals surface area contributed by atoms with E-state index in [-0.39, 0.29) is 6.42 Å². The largest absolute Gasteiger partial charge is 0.509 e. The molecule has 2 heterocycles. The summed E-state index contributed by atoms with van der Waals surface area (Å²) in [6.07, 6.45) is -0.413. The Kier molecular flexibility index (Phi) is 5.31. The van der Waals surface area contributed by atoms with E-state index in [0.29, 0.717) is 21.9 Å². The maximum absolute atomic E-state index is 12.6. The summed E-state index contributed by atoms with van der Waals surface area (Å²) in [5.74, 6) is -1.38. The van der Waals surface area contributed by atoms with Crippen LogP contribution < -0.4 is 0 Å². The van der Waals surface area contributed by atoms with Gasteiger partial charge in [-0.15, -0.1) is 0 Å². The number of amides is 1. The lowest BCUT2D eigenvalue weighted by Gasteiger charge is -2.49. The molecule has 1 amide bonds. The number of likely N-dealkylation sites (tertiary alicyclic amines) is 1. The first-order chi connectivity index (χ1) is 13.4. The van der Waals surface area contributed by atoms with Gasteiger partial charge in [0.05, 0.1) is 6.04 Å². The van der Waals surface area contributed by atoms with Crippen LogP contribution in [0.2, 0.25) is 0 Å². The lowest BCUT2D eigenvalue weighted by Crippen LogP contribution is -2.63. The van der Waals surface area contributed by atoms with Crippen molar-refractivity contribution in [3.63, 3.8) is 0 Å². The smallest absolute Gasteiger partial charge is 0.480 e. The van der Waals surface area contributed by atoms with Gasteiger partial charge in [-0.3, -0.25) is 9.74 Å². The van der Waals surface area contributed by atoms with Crippen LogP contribution >= 0.6 is 11.6 Å². The number of carbonyl (C=O) groups excluding carboxylic acids is 1. The van der Waals surface area contributed by atoms with Gasteiger partial charge < -0.3 is 19.7 Å². The fraction of sp³-hybridized carbons (Fsp3) is 0.611. The standard InChI is InChI=1S/C18H23ClN2O8/c1-17(2,3)27-16(26)28-18-8-11(13(22)23)21(15(24)25)14(18)29-20(4)12-9(18)6-5-7-10(12)19/h6-7,11-12,14H,5,8H2,1-4H3,(H,22,23)(H,24,25)/t11-,12?,14+,18+/m0/s1. The molecule has 29 heavy (non-hydrogen) atoms. The molecule has 1 aliphatic carbocycles. The average Bonchev–Trinajstić information content (AvgIpc) is 2.88. The molecule has 1 unspecified atom stereocenters. The number of hydrogen-bond donors (Lipinski definition) is 2. The third-order valence-corrected chi connectivity index (χ3v) is 5.33. The first-order valence-electron chi connectivity index (χ1n) is 8.99. The van der Waals surface area contributed by atoms with E-state index in [1.807, 2.05) is 0 Å². The number of nitrogens with zero attached hydrogens (tertiary/aromatic N) is 2. The maximum atomic E-state index is 12.6. The van der Waals surface area contributed by atoms with Crippen LogP contribution in [0.1, 0.15) is 33.6 Å². The molecular formula is C18H23ClN2O8. The predicted octanol–water partition coefficient (Wildman–Crippen LogP) is 2.54. The quantitative estimate of drug-likeness (QED) is 0.501. The number of hydrogen-bond acceptors (Lipinski definition) is 7. The summed E-state index contributed by atoms with van der Waals surface area (Å²) in [7, 11) is 1.55. The molecule has 3 rings (SSSR count). The van der Waals surface area contributed by atoms with Gasteiger partial charge >= 0.3 is 18.2 Å². The molecule has 10 nitrogen and oxygen atoms in total. The minimum absolute atomic E-state index is 0.334. The van der Waals surface area contributed by atoms with E-state index in [9.17, 15) is 24.6 Å². The molecule has 160 valence electrons. The van der Waals surface area contributed by atoms with Crippen LogP contribution in [0.15, 0.2) is 22.8 Å².